The minimum absolute atomic E-state index is 0.558. The summed E-state index contributed by atoms with van der Waals surface area (Å²) >= 11 is 1.79. The van der Waals surface area contributed by atoms with E-state index >= 15 is 0 Å². The van der Waals surface area contributed by atoms with Crippen LogP contribution in [0.2, 0.25) is 19.6 Å². The van der Waals surface area contributed by atoms with E-state index < -0.39 is 8.07 Å². The van der Waals surface area contributed by atoms with Crippen LogP contribution in [0.1, 0.15) is 38.2 Å². The monoisotopic (exact) mass is 454 g/mol. The zero-order valence-corrected chi connectivity index (χ0v) is 21.4. The number of fused-ring (bicyclic) bond motifs is 4. The summed E-state index contributed by atoms with van der Waals surface area (Å²) in [5.74, 6) is 0.558. The smallest absolute Gasteiger partial charge is 0.124 e. The van der Waals surface area contributed by atoms with Gasteiger partial charge in [0, 0.05) is 27.8 Å². The van der Waals surface area contributed by atoms with Crippen LogP contribution in [0.25, 0.3) is 42.3 Å². The van der Waals surface area contributed by atoms with Crippen molar-refractivity contribution in [1.29, 1.82) is 0 Å². The van der Waals surface area contributed by atoms with Gasteiger partial charge in [-0.25, -0.2) is 4.98 Å². The Balaban J connectivity index is 1.77. The van der Waals surface area contributed by atoms with Crippen molar-refractivity contribution in [2.24, 2.45) is 0 Å². The molecule has 162 valence electrons. The van der Waals surface area contributed by atoms with E-state index in [0.717, 1.165) is 23.4 Å². The average molecular weight is 455 g/mol. The molecule has 0 radical (unpaired) electrons. The van der Waals surface area contributed by atoms with Gasteiger partial charge in [0.25, 0.3) is 0 Å². The summed E-state index contributed by atoms with van der Waals surface area (Å²) in [7, 11) is -1.46. The van der Waals surface area contributed by atoms with Crippen molar-refractivity contribution in [1.82, 2.24) is 9.97 Å². The van der Waals surface area contributed by atoms with Crippen molar-refractivity contribution in [3.8, 4) is 11.3 Å². The molecule has 5 aromatic rings. The number of hydrogen-bond acceptors (Lipinski definition) is 3. The topological polar surface area (TPSA) is 25.8 Å². The van der Waals surface area contributed by atoms with Crippen molar-refractivity contribution < 1.29 is 0 Å². The summed E-state index contributed by atoms with van der Waals surface area (Å²) < 4.78 is 1.24. The summed E-state index contributed by atoms with van der Waals surface area (Å²) in [5, 5.41) is 6.45. The number of thiophene rings is 1. The van der Waals surface area contributed by atoms with E-state index in [2.05, 4.69) is 88.1 Å². The molecule has 0 fully saturated rings. The van der Waals surface area contributed by atoms with Crippen LogP contribution in [0.3, 0.4) is 0 Å². The van der Waals surface area contributed by atoms with Gasteiger partial charge < -0.3 is 0 Å². The number of aromatic nitrogens is 2. The SMILES string of the molecule is CCC(CC)c1cc(-c2nccc3c2sc2nc([Si](C)(C)C)ccc23)cc2ccccc12. The molecule has 2 nitrogen and oxygen atoms in total. The molecule has 0 saturated carbocycles. The lowest BCUT2D eigenvalue weighted by Gasteiger charge is -2.18. The van der Waals surface area contributed by atoms with Crippen molar-refractivity contribution in [2.45, 2.75) is 52.2 Å². The molecule has 3 heterocycles. The molecule has 2 aromatic carbocycles. The van der Waals surface area contributed by atoms with Crippen LogP contribution >= 0.6 is 11.3 Å². The second-order valence-corrected chi connectivity index (χ2v) is 15.7. The average Bonchev–Trinajstić information content (AvgIpc) is 3.17. The van der Waals surface area contributed by atoms with Crippen LogP contribution in [-0.2, 0) is 0 Å². The molecule has 0 N–H and O–H groups in total. The maximum absolute atomic E-state index is 5.09. The van der Waals surface area contributed by atoms with Gasteiger partial charge in [-0.3, -0.25) is 4.98 Å². The maximum Gasteiger partial charge on any atom is 0.124 e. The molecule has 3 aromatic heterocycles. The number of rotatable bonds is 5. The van der Waals surface area contributed by atoms with Gasteiger partial charge >= 0.3 is 0 Å². The van der Waals surface area contributed by atoms with E-state index in [4.69, 9.17) is 9.97 Å². The Morgan fingerprint density at radius 2 is 1.66 bits per heavy atom. The minimum Gasteiger partial charge on any atom is -0.255 e. The fourth-order valence-corrected chi connectivity index (χ4v) is 7.04. The normalized spacial score (nSPS) is 12.4. The molecule has 5 rings (SSSR count). The molecule has 32 heavy (non-hydrogen) atoms. The summed E-state index contributed by atoms with van der Waals surface area (Å²) in [4.78, 5) is 11.1. The highest BCUT2D eigenvalue weighted by Crippen LogP contribution is 2.40. The van der Waals surface area contributed by atoms with E-state index in [1.165, 1.54) is 42.7 Å². The first kappa shape index (κ1) is 21.3. The maximum atomic E-state index is 5.09. The number of nitrogens with zero attached hydrogens (tertiary/aromatic N) is 2. The molecule has 0 bridgehead atoms. The van der Waals surface area contributed by atoms with Crippen LogP contribution in [0.15, 0.2) is 60.8 Å². The Morgan fingerprint density at radius 1 is 0.875 bits per heavy atom. The van der Waals surface area contributed by atoms with Gasteiger partial charge in [-0.05, 0) is 65.4 Å². The number of pyridine rings is 2. The second kappa shape index (κ2) is 8.09. The van der Waals surface area contributed by atoms with Crippen LogP contribution in [0.5, 0.6) is 0 Å². The standard InChI is InChI=1S/C28H30N2SSi/c1-6-18(7-2)24-17-20(16-19-10-8-9-11-21(19)24)26-27-22(14-15-29-26)23-12-13-25(32(3,4)5)30-28(23)31-27/h8-18H,6-7H2,1-5H3. The van der Waals surface area contributed by atoms with Crippen LogP contribution in [0, 0.1) is 0 Å². The molecular formula is C28H30N2SSi. The van der Waals surface area contributed by atoms with Gasteiger partial charge in [-0.1, -0.05) is 57.8 Å². The summed E-state index contributed by atoms with van der Waals surface area (Å²) in [6, 6.07) is 20.2. The second-order valence-electron chi connectivity index (χ2n) is 9.74. The van der Waals surface area contributed by atoms with Crippen molar-refractivity contribution in [2.75, 3.05) is 0 Å². The third kappa shape index (κ3) is 3.56. The molecule has 4 heteroatoms. The highest BCUT2D eigenvalue weighted by molar-refractivity contribution is 7.26. The molecule has 0 atom stereocenters. The minimum atomic E-state index is -1.46. The van der Waals surface area contributed by atoms with Gasteiger partial charge in [0.1, 0.15) is 12.9 Å². The quantitative estimate of drug-likeness (QED) is 0.251. The van der Waals surface area contributed by atoms with Crippen LogP contribution < -0.4 is 5.32 Å². The molecule has 0 aliphatic carbocycles. The van der Waals surface area contributed by atoms with Crippen LogP contribution in [-0.4, -0.2) is 18.0 Å². The number of benzene rings is 2. The Morgan fingerprint density at radius 3 is 2.41 bits per heavy atom. The van der Waals surface area contributed by atoms with Crippen molar-refractivity contribution in [3.05, 3.63) is 66.4 Å². The molecule has 0 amide bonds. The lowest BCUT2D eigenvalue weighted by Crippen LogP contribution is -2.39. The van der Waals surface area contributed by atoms with E-state index in [1.807, 2.05) is 6.20 Å². The third-order valence-electron chi connectivity index (χ3n) is 6.61. The first-order valence-electron chi connectivity index (χ1n) is 11.6. The highest BCUT2D eigenvalue weighted by Gasteiger charge is 2.21. The first-order chi connectivity index (χ1) is 15.4. The Kier molecular flexibility index (Phi) is 5.38. The number of hydrogen-bond donors (Lipinski definition) is 0. The van der Waals surface area contributed by atoms with E-state index in [-0.39, 0.29) is 0 Å². The predicted molar refractivity (Wildman–Crippen MR) is 144 cm³/mol. The fourth-order valence-electron chi connectivity index (χ4n) is 4.75. The van der Waals surface area contributed by atoms with E-state index in [9.17, 15) is 0 Å². The van der Waals surface area contributed by atoms with Gasteiger partial charge in [-0.15, -0.1) is 11.3 Å². The Labute approximate surface area is 195 Å². The molecular weight excluding hydrogens is 424 g/mol. The highest BCUT2D eigenvalue weighted by atomic mass is 32.1. The van der Waals surface area contributed by atoms with Crippen molar-refractivity contribution in [3.63, 3.8) is 0 Å². The summed E-state index contributed by atoms with van der Waals surface area (Å²) in [6.07, 6.45) is 4.25. The third-order valence-corrected chi connectivity index (χ3v) is 9.55. The largest absolute Gasteiger partial charge is 0.255 e. The zero-order valence-electron chi connectivity index (χ0n) is 19.6. The molecule has 0 spiro atoms. The molecule has 0 aliphatic heterocycles. The summed E-state index contributed by atoms with van der Waals surface area (Å²) in [5.41, 5.74) is 3.74. The van der Waals surface area contributed by atoms with Crippen LogP contribution in [0.4, 0.5) is 0 Å². The predicted octanol–water partition coefficient (Wildman–Crippen LogP) is 8.11. The fraction of sp³-hybridized carbons (Fsp3) is 0.286. The lowest BCUT2D eigenvalue weighted by molar-refractivity contribution is 0.647. The Hall–Kier alpha value is -2.56. The molecule has 0 aliphatic rings. The lowest BCUT2D eigenvalue weighted by atomic mass is 9.87. The van der Waals surface area contributed by atoms with Gasteiger partial charge in [0.2, 0.25) is 0 Å². The summed E-state index contributed by atoms with van der Waals surface area (Å²) in [6.45, 7) is 11.7. The molecule has 0 unspecified atom stereocenters. The Bertz CT molecular complexity index is 1440. The molecule has 0 saturated heterocycles. The first-order valence-corrected chi connectivity index (χ1v) is 15.9. The zero-order chi connectivity index (χ0) is 22.5. The van der Waals surface area contributed by atoms with Crippen molar-refractivity contribution >= 4 is 55.8 Å². The van der Waals surface area contributed by atoms with E-state index in [1.54, 1.807) is 11.3 Å². The van der Waals surface area contributed by atoms with E-state index in [0.29, 0.717) is 5.92 Å². The van der Waals surface area contributed by atoms with Gasteiger partial charge in [0.05, 0.1) is 10.4 Å². The van der Waals surface area contributed by atoms with Gasteiger partial charge in [0.15, 0.2) is 0 Å². The van der Waals surface area contributed by atoms with Gasteiger partial charge in [-0.2, -0.15) is 0 Å².